The first-order valence-corrected chi connectivity index (χ1v) is 13.3. The molecule has 0 bridgehead atoms. The van der Waals surface area contributed by atoms with Gasteiger partial charge in [0.25, 0.3) is 0 Å². The number of hydrogen-bond acceptors (Lipinski definition) is 8. The molecule has 0 radical (unpaired) electrons. The van der Waals surface area contributed by atoms with Gasteiger partial charge in [0, 0.05) is 17.7 Å². The zero-order chi connectivity index (χ0) is 29.3. The van der Waals surface area contributed by atoms with Crippen LogP contribution in [-0.2, 0) is 19.8 Å². The molecule has 0 aliphatic carbocycles. The molecule has 1 heterocycles. The molecule has 0 aliphatic rings. The van der Waals surface area contributed by atoms with Crippen LogP contribution in [-0.4, -0.2) is 38.2 Å². The lowest BCUT2D eigenvalue weighted by molar-refractivity contribution is 0.104. The van der Waals surface area contributed by atoms with Gasteiger partial charge >= 0.3 is 0 Å². The highest BCUT2D eigenvalue weighted by Crippen LogP contribution is 2.26. The minimum atomic E-state index is -0.461. The van der Waals surface area contributed by atoms with E-state index in [4.69, 9.17) is 14.2 Å². The molecule has 9 heteroatoms. The Labute approximate surface area is 243 Å². The van der Waals surface area contributed by atoms with E-state index in [0.717, 1.165) is 34.1 Å². The Morgan fingerprint density at radius 1 is 0.833 bits per heavy atom. The Balaban J connectivity index is 1.37. The zero-order valence-corrected chi connectivity index (χ0v) is 23.3. The third-order valence-corrected chi connectivity index (χ3v) is 6.48. The maximum atomic E-state index is 13.3. The van der Waals surface area contributed by atoms with Gasteiger partial charge < -0.3 is 19.3 Å². The number of aryl methyl sites for hydroxylation is 1. The van der Waals surface area contributed by atoms with E-state index in [1.165, 1.54) is 4.68 Å². The van der Waals surface area contributed by atoms with Gasteiger partial charge in [0.2, 0.25) is 5.82 Å². The number of carbonyl (C=O) groups is 1. The van der Waals surface area contributed by atoms with Crippen LogP contribution >= 0.6 is 0 Å². The van der Waals surface area contributed by atoms with Crippen LogP contribution in [0.5, 0.6) is 17.2 Å². The molecule has 0 saturated carbocycles. The highest BCUT2D eigenvalue weighted by Gasteiger charge is 2.16. The minimum absolute atomic E-state index is 0.0638. The Kier molecular flexibility index (Phi) is 8.88. The second-order valence-electron chi connectivity index (χ2n) is 9.60. The summed E-state index contributed by atoms with van der Waals surface area (Å²) in [7, 11) is 1.62. The van der Waals surface area contributed by atoms with Crippen LogP contribution in [0.3, 0.4) is 0 Å². The van der Waals surface area contributed by atoms with Crippen molar-refractivity contribution in [2.24, 2.45) is 0 Å². The summed E-state index contributed by atoms with van der Waals surface area (Å²) < 4.78 is 18.8. The van der Waals surface area contributed by atoms with Crippen LogP contribution in [0.2, 0.25) is 0 Å². The van der Waals surface area contributed by atoms with Crippen LogP contribution in [0, 0.1) is 6.92 Å². The quantitative estimate of drug-likeness (QED) is 0.112. The van der Waals surface area contributed by atoms with E-state index in [0.29, 0.717) is 31.3 Å². The van der Waals surface area contributed by atoms with Crippen molar-refractivity contribution in [3.8, 4) is 17.2 Å². The Morgan fingerprint density at radius 3 is 2.02 bits per heavy atom. The monoisotopic (exact) mass is 562 g/mol. The lowest BCUT2D eigenvalue weighted by Crippen LogP contribution is -2.08. The minimum Gasteiger partial charge on any atom is -0.504 e. The van der Waals surface area contributed by atoms with Crippen LogP contribution in [0.1, 0.15) is 38.4 Å². The number of rotatable bonds is 12. The number of ketones is 1. The number of aliphatic hydroxyl groups excluding tert-OH is 1. The summed E-state index contributed by atoms with van der Waals surface area (Å²) >= 11 is 0. The fraction of sp³-hybridized carbons (Fsp3) is 0.152. The molecular formula is C33H30N4O5. The van der Waals surface area contributed by atoms with E-state index in [2.05, 4.69) is 15.5 Å². The van der Waals surface area contributed by atoms with Crippen molar-refractivity contribution in [1.82, 2.24) is 20.2 Å². The summed E-state index contributed by atoms with van der Waals surface area (Å²) in [4.78, 5) is 13.3. The van der Waals surface area contributed by atoms with Crippen molar-refractivity contribution in [1.29, 1.82) is 0 Å². The van der Waals surface area contributed by atoms with Crippen molar-refractivity contribution in [3.05, 3.63) is 137 Å². The average Bonchev–Trinajstić information content (AvgIpc) is 3.48. The standard InChI is InChI=1S/C33H30N4O5/c1-23-15-26(13-14-32(23)40-2)20-37-33(34-35-36-37)31(39)19-30(38)27-16-28(41-21-24-9-5-3-6-10-24)18-29(17-27)42-22-25-11-7-4-8-12-25/h3-19,39H,20-22H2,1-2H3/b31-19-. The topological polar surface area (TPSA) is 109 Å². The number of aromatic nitrogens is 4. The van der Waals surface area contributed by atoms with Gasteiger partial charge in [0.15, 0.2) is 11.5 Å². The number of ether oxygens (including phenoxy) is 3. The van der Waals surface area contributed by atoms with E-state index in [1.807, 2.05) is 85.8 Å². The van der Waals surface area contributed by atoms with Crippen molar-refractivity contribution < 1.29 is 24.1 Å². The van der Waals surface area contributed by atoms with Crippen LogP contribution < -0.4 is 14.2 Å². The maximum absolute atomic E-state index is 13.3. The Hall–Kier alpha value is -5.44. The van der Waals surface area contributed by atoms with Gasteiger partial charge in [0.1, 0.15) is 30.5 Å². The molecule has 9 nitrogen and oxygen atoms in total. The van der Waals surface area contributed by atoms with Gasteiger partial charge in [-0.3, -0.25) is 4.79 Å². The molecular weight excluding hydrogens is 532 g/mol. The molecule has 1 N–H and O–H groups in total. The first-order chi connectivity index (χ1) is 20.5. The molecule has 5 rings (SSSR count). The van der Waals surface area contributed by atoms with E-state index in [9.17, 15) is 9.90 Å². The third kappa shape index (κ3) is 7.19. The number of hydrogen-bond donors (Lipinski definition) is 1. The molecule has 4 aromatic carbocycles. The van der Waals surface area contributed by atoms with E-state index in [1.54, 1.807) is 25.3 Å². The van der Waals surface area contributed by atoms with Gasteiger partial charge in [-0.15, -0.1) is 5.10 Å². The summed E-state index contributed by atoms with van der Waals surface area (Å²) in [5, 5.41) is 22.5. The smallest absolute Gasteiger partial charge is 0.217 e. The predicted octanol–water partition coefficient (Wildman–Crippen LogP) is 5.98. The summed E-state index contributed by atoms with van der Waals surface area (Å²) in [6.45, 7) is 2.86. The lowest BCUT2D eigenvalue weighted by atomic mass is 10.1. The summed E-state index contributed by atoms with van der Waals surface area (Å²) in [6, 6.07) is 30.1. The maximum Gasteiger partial charge on any atom is 0.217 e. The van der Waals surface area contributed by atoms with Gasteiger partial charge in [-0.25, -0.2) is 4.68 Å². The van der Waals surface area contributed by atoms with Gasteiger partial charge in [-0.2, -0.15) is 0 Å². The molecule has 0 spiro atoms. The van der Waals surface area contributed by atoms with E-state index in [-0.39, 0.29) is 17.1 Å². The molecule has 1 aromatic heterocycles. The molecule has 0 unspecified atom stereocenters. The van der Waals surface area contributed by atoms with E-state index < -0.39 is 5.78 Å². The SMILES string of the molecule is COc1ccc(Cn2nnnc2/C(O)=C/C(=O)c2cc(OCc3ccccc3)cc(OCc3ccccc3)c2)cc1C. The molecule has 0 fully saturated rings. The fourth-order valence-electron chi connectivity index (χ4n) is 4.34. The van der Waals surface area contributed by atoms with Crippen LogP contribution in [0.25, 0.3) is 5.76 Å². The number of nitrogens with zero attached hydrogens (tertiary/aromatic N) is 4. The van der Waals surface area contributed by atoms with Gasteiger partial charge in [-0.1, -0.05) is 72.8 Å². The van der Waals surface area contributed by atoms with Crippen LogP contribution in [0.4, 0.5) is 0 Å². The summed E-state index contributed by atoms with van der Waals surface area (Å²) in [5.74, 6) is 0.926. The third-order valence-electron chi connectivity index (χ3n) is 6.48. The Morgan fingerprint density at radius 2 is 1.45 bits per heavy atom. The summed E-state index contributed by atoms with van der Waals surface area (Å²) in [6.07, 6.45) is 1.10. The lowest BCUT2D eigenvalue weighted by Gasteiger charge is -2.12. The Bertz CT molecular complexity index is 1620. The number of benzene rings is 4. The second kappa shape index (κ2) is 13.3. The molecule has 212 valence electrons. The van der Waals surface area contributed by atoms with Crippen molar-refractivity contribution >= 4 is 11.5 Å². The highest BCUT2D eigenvalue weighted by molar-refractivity contribution is 6.08. The molecule has 0 saturated heterocycles. The largest absolute Gasteiger partial charge is 0.504 e. The molecule has 42 heavy (non-hydrogen) atoms. The first-order valence-electron chi connectivity index (χ1n) is 13.3. The number of tetrazole rings is 1. The molecule has 0 amide bonds. The van der Waals surface area contributed by atoms with Crippen LogP contribution in [0.15, 0.2) is 103 Å². The van der Waals surface area contributed by atoms with Crippen molar-refractivity contribution in [2.45, 2.75) is 26.7 Å². The van der Waals surface area contributed by atoms with Gasteiger partial charge in [0.05, 0.1) is 13.7 Å². The van der Waals surface area contributed by atoms with Gasteiger partial charge in [-0.05, 0) is 57.8 Å². The first kappa shape index (κ1) is 28.1. The number of carbonyl (C=O) groups excluding carboxylic acids is 1. The molecule has 0 atom stereocenters. The number of methoxy groups -OCH3 is 1. The predicted molar refractivity (Wildman–Crippen MR) is 158 cm³/mol. The average molecular weight is 563 g/mol. The highest BCUT2D eigenvalue weighted by atomic mass is 16.5. The van der Waals surface area contributed by atoms with Crippen molar-refractivity contribution in [2.75, 3.05) is 7.11 Å². The fourth-order valence-corrected chi connectivity index (χ4v) is 4.34. The second-order valence-corrected chi connectivity index (χ2v) is 9.60. The molecule has 0 aliphatic heterocycles. The molecule has 5 aromatic rings. The number of allylic oxidation sites excluding steroid dienone is 1. The zero-order valence-electron chi connectivity index (χ0n) is 23.3. The normalized spacial score (nSPS) is 11.2. The van der Waals surface area contributed by atoms with E-state index >= 15 is 0 Å². The number of aliphatic hydroxyl groups is 1. The van der Waals surface area contributed by atoms with Crippen molar-refractivity contribution in [3.63, 3.8) is 0 Å². The summed E-state index contributed by atoms with van der Waals surface area (Å²) in [5.41, 5.74) is 4.11.